The average Bonchev–Trinajstić information content (AvgIpc) is 3.19. The van der Waals surface area contributed by atoms with E-state index < -0.39 is 6.04 Å². The molecule has 1 atom stereocenters. The number of carbonyl (C=O) groups excluding carboxylic acids is 2. The zero-order chi connectivity index (χ0) is 20.7. The normalized spacial score (nSPS) is 20.2. The summed E-state index contributed by atoms with van der Waals surface area (Å²) in [6, 6.07) is 7.38. The Kier molecular flexibility index (Phi) is 7.67. The predicted octanol–water partition coefficient (Wildman–Crippen LogP) is 2.62. The highest BCUT2D eigenvalue weighted by Gasteiger charge is 2.42. The lowest BCUT2D eigenvalue weighted by atomic mass is 9.89. The van der Waals surface area contributed by atoms with E-state index in [0.717, 1.165) is 57.6 Å². The summed E-state index contributed by atoms with van der Waals surface area (Å²) in [5.74, 6) is -0.433. The summed E-state index contributed by atoms with van der Waals surface area (Å²) in [6.45, 7) is 7.31. The number of hydrogen-bond acceptors (Lipinski definition) is 5. The second-order valence-electron chi connectivity index (χ2n) is 8.27. The van der Waals surface area contributed by atoms with Gasteiger partial charge in [0.2, 0.25) is 5.91 Å². The Labute approximate surface area is 173 Å². The zero-order valence-corrected chi connectivity index (χ0v) is 17.7. The molecule has 2 aliphatic rings. The fourth-order valence-electron chi connectivity index (χ4n) is 4.62. The molecule has 3 rings (SSSR count). The Balaban J connectivity index is 1.67. The number of carbonyl (C=O) groups is 2. The number of esters is 1. The van der Waals surface area contributed by atoms with Gasteiger partial charge in [-0.15, -0.1) is 0 Å². The van der Waals surface area contributed by atoms with Crippen LogP contribution in [0.15, 0.2) is 24.3 Å². The second kappa shape index (κ2) is 10.2. The molecule has 1 heterocycles. The third-order valence-electron chi connectivity index (χ3n) is 6.17. The monoisotopic (exact) mass is 402 g/mol. The van der Waals surface area contributed by atoms with E-state index in [9.17, 15) is 9.59 Å². The second-order valence-corrected chi connectivity index (χ2v) is 8.27. The Hall–Kier alpha value is -1.92. The number of benzene rings is 1. The number of ether oxygens (including phenoxy) is 2. The van der Waals surface area contributed by atoms with Gasteiger partial charge in [-0.3, -0.25) is 9.69 Å². The molecule has 6 heteroatoms. The van der Waals surface area contributed by atoms with E-state index >= 15 is 0 Å². The quantitative estimate of drug-likeness (QED) is 0.677. The van der Waals surface area contributed by atoms with Gasteiger partial charge >= 0.3 is 5.97 Å². The van der Waals surface area contributed by atoms with E-state index in [0.29, 0.717) is 19.4 Å². The van der Waals surface area contributed by atoms with Gasteiger partial charge in [0, 0.05) is 31.5 Å². The molecule has 29 heavy (non-hydrogen) atoms. The van der Waals surface area contributed by atoms with Crippen molar-refractivity contribution in [3.8, 4) is 0 Å². The van der Waals surface area contributed by atoms with Crippen LogP contribution in [0.1, 0.15) is 50.2 Å². The lowest BCUT2D eigenvalue weighted by molar-refractivity contribution is -0.147. The van der Waals surface area contributed by atoms with Crippen LogP contribution in [0.4, 0.5) is 0 Å². The van der Waals surface area contributed by atoms with Gasteiger partial charge in [-0.1, -0.05) is 42.7 Å². The maximum Gasteiger partial charge on any atom is 0.328 e. The summed E-state index contributed by atoms with van der Waals surface area (Å²) in [4.78, 5) is 28.0. The maximum atomic E-state index is 13.0. The molecule has 0 bridgehead atoms. The molecule has 1 aliphatic carbocycles. The molecule has 1 N–H and O–H groups in total. The third kappa shape index (κ3) is 5.80. The molecule has 1 saturated carbocycles. The Morgan fingerprint density at radius 2 is 1.83 bits per heavy atom. The van der Waals surface area contributed by atoms with Crippen molar-refractivity contribution in [3.63, 3.8) is 0 Å². The summed E-state index contributed by atoms with van der Waals surface area (Å²) in [5.41, 5.74) is 2.08. The van der Waals surface area contributed by atoms with Crippen LogP contribution in [0, 0.1) is 6.92 Å². The summed E-state index contributed by atoms with van der Waals surface area (Å²) in [5, 5.41) is 2.98. The Morgan fingerprint density at radius 1 is 1.17 bits per heavy atom. The van der Waals surface area contributed by atoms with E-state index in [4.69, 9.17) is 9.47 Å². The number of rotatable bonds is 8. The third-order valence-corrected chi connectivity index (χ3v) is 6.17. The van der Waals surface area contributed by atoms with Gasteiger partial charge in [-0.25, -0.2) is 4.79 Å². The van der Waals surface area contributed by atoms with Crippen molar-refractivity contribution in [2.45, 2.75) is 64.0 Å². The van der Waals surface area contributed by atoms with Crippen LogP contribution in [0.25, 0.3) is 0 Å². The topological polar surface area (TPSA) is 67.9 Å². The number of nitrogens with zero attached hydrogens (tertiary/aromatic N) is 1. The lowest BCUT2D eigenvalue weighted by Crippen LogP contribution is -2.55. The molecule has 1 aromatic carbocycles. The highest BCUT2D eigenvalue weighted by atomic mass is 16.5. The minimum absolute atomic E-state index is 0.0662. The van der Waals surface area contributed by atoms with E-state index in [-0.39, 0.29) is 17.4 Å². The summed E-state index contributed by atoms with van der Waals surface area (Å²) in [7, 11) is 0. The molecular weight excluding hydrogens is 368 g/mol. The number of amides is 1. The van der Waals surface area contributed by atoms with Gasteiger partial charge in [-0.05, 0) is 32.3 Å². The zero-order valence-electron chi connectivity index (χ0n) is 17.7. The van der Waals surface area contributed by atoms with Crippen molar-refractivity contribution in [2.75, 3.05) is 32.9 Å². The first-order valence-electron chi connectivity index (χ1n) is 10.9. The summed E-state index contributed by atoms with van der Waals surface area (Å²) >= 11 is 0. The number of aryl methyl sites for hydroxylation is 1. The van der Waals surface area contributed by atoms with E-state index in [1.54, 1.807) is 6.92 Å². The van der Waals surface area contributed by atoms with Crippen LogP contribution in [-0.2, 0) is 25.5 Å². The lowest BCUT2D eigenvalue weighted by Gasteiger charge is -2.43. The molecule has 1 amide bonds. The van der Waals surface area contributed by atoms with Crippen LogP contribution in [-0.4, -0.2) is 61.3 Å². The summed E-state index contributed by atoms with van der Waals surface area (Å²) < 4.78 is 10.7. The number of morpholine rings is 1. The van der Waals surface area contributed by atoms with Crippen LogP contribution >= 0.6 is 0 Å². The van der Waals surface area contributed by atoms with Crippen molar-refractivity contribution >= 4 is 11.9 Å². The van der Waals surface area contributed by atoms with Gasteiger partial charge in [0.1, 0.15) is 6.04 Å². The molecule has 1 saturated heterocycles. The standard InChI is InChI=1S/C23H34N2O4/c1-3-29-22(27)20(16-19-8-6-18(2)7-9-19)24-21(26)17-23(10-4-5-11-23)25-12-14-28-15-13-25/h6-9,20H,3-5,10-17H2,1-2H3,(H,24,26)/t20-/m0/s1. The first-order valence-corrected chi connectivity index (χ1v) is 10.9. The van der Waals surface area contributed by atoms with Crippen LogP contribution in [0.5, 0.6) is 0 Å². The number of hydrogen-bond donors (Lipinski definition) is 1. The fraction of sp³-hybridized carbons (Fsp3) is 0.652. The fourth-order valence-corrected chi connectivity index (χ4v) is 4.62. The highest BCUT2D eigenvalue weighted by Crippen LogP contribution is 2.38. The average molecular weight is 403 g/mol. The Morgan fingerprint density at radius 3 is 2.45 bits per heavy atom. The molecule has 0 spiro atoms. The largest absolute Gasteiger partial charge is 0.464 e. The molecule has 6 nitrogen and oxygen atoms in total. The van der Waals surface area contributed by atoms with Crippen molar-refractivity contribution in [2.24, 2.45) is 0 Å². The SMILES string of the molecule is CCOC(=O)[C@H](Cc1ccc(C)cc1)NC(=O)CC1(N2CCOCC2)CCCC1. The molecule has 1 aliphatic heterocycles. The van der Waals surface area contributed by atoms with Gasteiger partial charge in [-0.2, -0.15) is 0 Å². The maximum absolute atomic E-state index is 13.0. The van der Waals surface area contributed by atoms with Gasteiger partial charge in [0.15, 0.2) is 0 Å². The number of nitrogens with one attached hydrogen (secondary N) is 1. The van der Waals surface area contributed by atoms with E-state index in [1.165, 1.54) is 5.56 Å². The van der Waals surface area contributed by atoms with E-state index in [2.05, 4.69) is 10.2 Å². The van der Waals surface area contributed by atoms with Crippen molar-refractivity contribution in [1.29, 1.82) is 0 Å². The molecule has 0 aromatic heterocycles. The molecule has 0 unspecified atom stereocenters. The minimum Gasteiger partial charge on any atom is -0.464 e. The highest BCUT2D eigenvalue weighted by molar-refractivity contribution is 5.85. The predicted molar refractivity (Wildman–Crippen MR) is 112 cm³/mol. The van der Waals surface area contributed by atoms with Gasteiger partial charge in [0.25, 0.3) is 0 Å². The van der Waals surface area contributed by atoms with Crippen molar-refractivity contribution in [1.82, 2.24) is 10.2 Å². The molecule has 160 valence electrons. The van der Waals surface area contributed by atoms with Crippen molar-refractivity contribution in [3.05, 3.63) is 35.4 Å². The Bertz CT molecular complexity index is 677. The van der Waals surface area contributed by atoms with Crippen LogP contribution in [0.2, 0.25) is 0 Å². The van der Waals surface area contributed by atoms with Crippen LogP contribution in [0.3, 0.4) is 0 Å². The first-order chi connectivity index (χ1) is 14.0. The minimum atomic E-state index is -0.659. The van der Waals surface area contributed by atoms with Crippen molar-refractivity contribution < 1.29 is 19.1 Å². The van der Waals surface area contributed by atoms with E-state index in [1.807, 2.05) is 31.2 Å². The molecule has 2 fully saturated rings. The molecule has 0 radical (unpaired) electrons. The first kappa shape index (κ1) is 21.8. The smallest absolute Gasteiger partial charge is 0.328 e. The molecular formula is C23H34N2O4. The van der Waals surface area contributed by atoms with Gasteiger partial charge < -0.3 is 14.8 Å². The summed E-state index contributed by atoms with van der Waals surface area (Å²) in [6.07, 6.45) is 5.22. The van der Waals surface area contributed by atoms with Crippen LogP contribution < -0.4 is 5.32 Å². The van der Waals surface area contributed by atoms with Gasteiger partial charge in [0.05, 0.1) is 19.8 Å². The molecule has 1 aromatic rings.